The maximum absolute atomic E-state index is 12.4. The molecule has 6 aliphatic rings. The molecule has 0 aromatic heterocycles. The van der Waals surface area contributed by atoms with Gasteiger partial charge in [-0.2, -0.15) is 0 Å². The smallest absolute Gasteiger partial charge is 0.0796 e. The van der Waals surface area contributed by atoms with Crippen LogP contribution in [0.3, 0.4) is 0 Å². The monoisotopic (exact) mass is 423 g/mol. The molecule has 1 saturated heterocycles. The Hall–Kier alpha value is -0.280. The summed E-state index contributed by atoms with van der Waals surface area (Å²) < 4.78 is 12.0. The zero-order valence-corrected chi connectivity index (χ0v) is 18.3. The van der Waals surface area contributed by atoms with Gasteiger partial charge in [-0.05, 0) is 31.7 Å². The molecule has 4 N–H and O–H groups in total. The molecular weight excluding hydrogens is 386 g/mol. The lowest BCUT2D eigenvalue weighted by molar-refractivity contribution is -0.271. The summed E-state index contributed by atoms with van der Waals surface area (Å²) in [6, 6.07) is 0.000214. The molecule has 7 heteroatoms. The van der Waals surface area contributed by atoms with Crippen molar-refractivity contribution in [2.45, 2.75) is 68.7 Å². The molecule has 0 aromatic rings. The highest BCUT2D eigenvalue weighted by molar-refractivity contribution is 5.35. The van der Waals surface area contributed by atoms with Crippen molar-refractivity contribution >= 4 is 0 Å². The number of hydrogen-bond donors (Lipinski definition) is 4. The number of piperidine rings is 1. The molecule has 6 rings (SSSR count). The van der Waals surface area contributed by atoms with E-state index < -0.39 is 23.2 Å². The van der Waals surface area contributed by atoms with Crippen LogP contribution in [0.25, 0.3) is 0 Å². The second-order valence-corrected chi connectivity index (χ2v) is 11.3. The highest BCUT2D eigenvalue weighted by atomic mass is 16.5. The second kappa shape index (κ2) is 6.19. The van der Waals surface area contributed by atoms with E-state index in [2.05, 4.69) is 11.8 Å². The summed E-state index contributed by atoms with van der Waals surface area (Å²) in [6.07, 6.45) is 1.16. The summed E-state index contributed by atoms with van der Waals surface area (Å²) in [6.45, 7) is 3.81. The maximum Gasteiger partial charge on any atom is 0.0796 e. The zero-order chi connectivity index (χ0) is 21.2. The van der Waals surface area contributed by atoms with Gasteiger partial charge < -0.3 is 29.9 Å². The van der Waals surface area contributed by atoms with E-state index >= 15 is 0 Å². The highest BCUT2D eigenvalue weighted by Gasteiger charge is 2.86. The van der Waals surface area contributed by atoms with Crippen LogP contribution in [0.2, 0.25) is 0 Å². The van der Waals surface area contributed by atoms with Gasteiger partial charge in [0.1, 0.15) is 0 Å². The number of ether oxygens (including phenoxy) is 2. The van der Waals surface area contributed by atoms with E-state index in [1.165, 1.54) is 0 Å². The van der Waals surface area contributed by atoms with E-state index in [-0.39, 0.29) is 59.9 Å². The molecule has 1 spiro atoms. The number of methoxy groups -OCH3 is 2. The lowest BCUT2D eigenvalue weighted by atomic mass is 9.43. The molecule has 5 saturated carbocycles. The third-order valence-electron chi connectivity index (χ3n) is 11.0. The zero-order valence-electron chi connectivity index (χ0n) is 18.3. The van der Waals surface area contributed by atoms with Gasteiger partial charge in [0.2, 0.25) is 0 Å². The Bertz CT molecular complexity index is 736. The molecule has 0 amide bonds. The molecular formula is C23H37NO6. The fourth-order valence-electron chi connectivity index (χ4n) is 10.4. The molecule has 0 aromatic carbocycles. The van der Waals surface area contributed by atoms with Crippen LogP contribution in [0, 0.1) is 40.4 Å². The quantitative estimate of drug-likeness (QED) is 0.499. The Morgan fingerprint density at radius 1 is 1.13 bits per heavy atom. The van der Waals surface area contributed by atoms with Crippen molar-refractivity contribution in [2.24, 2.45) is 40.4 Å². The first-order chi connectivity index (χ1) is 14.4. The van der Waals surface area contributed by atoms with Gasteiger partial charge in [0, 0.05) is 67.7 Å². The standard InChI is InChI=1S/C23H37NO6/c1-4-24-9-21(10-25)6-5-14(26)23-12-7-11-13(29-2)8-22(28,15(12)17(11)27)16(20(23)24)18(30-3)19(21)23/h11-20,25-28H,4-10H2,1-3H3/t11?,12?,13-,14-,15?,16-,17-,18+,19+,20+,21-,22-,23-/m0/s1. The van der Waals surface area contributed by atoms with E-state index in [1.54, 1.807) is 14.2 Å². The van der Waals surface area contributed by atoms with Crippen molar-refractivity contribution in [3.63, 3.8) is 0 Å². The number of aliphatic hydroxyl groups excluding tert-OH is 3. The third kappa shape index (κ3) is 1.88. The summed E-state index contributed by atoms with van der Waals surface area (Å²) in [4.78, 5) is 2.42. The minimum atomic E-state index is -1.09. The molecule has 6 fully saturated rings. The van der Waals surface area contributed by atoms with Crippen molar-refractivity contribution in [3.8, 4) is 0 Å². The minimum Gasteiger partial charge on any atom is -0.396 e. The number of likely N-dealkylation sites (tertiary alicyclic amines) is 1. The molecule has 170 valence electrons. The first kappa shape index (κ1) is 20.3. The van der Waals surface area contributed by atoms with Crippen LogP contribution in [-0.4, -0.2) is 95.3 Å². The lowest BCUT2D eigenvalue weighted by Gasteiger charge is -2.68. The van der Waals surface area contributed by atoms with E-state index in [0.29, 0.717) is 12.8 Å². The van der Waals surface area contributed by atoms with Gasteiger partial charge in [0.15, 0.2) is 0 Å². The molecule has 0 radical (unpaired) electrons. The van der Waals surface area contributed by atoms with Gasteiger partial charge >= 0.3 is 0 Å². The fourth-order valence-corrected chi connectivity index (χ4v) is 10.4. The van der Waals surface area contributed by atoms with Crippen LogP contribution in [-0.2, 0) is 9.47 Å². The lowest BCUT2D eigenvalue weighted by Crippen LogP contribution is -2.76. The second-order valence-electron chi connectivity index (χ2n) is 11.3. The molecule has 5 aliphatic carbocycles. The molecule has 3 unspecified atom stereocenters. The number of fused-ring (bicyclic) bond motifs is 2. The summed E-state index contributed by atoms with van der Waals surface area (Å²) in [5.41, 5.74) is -1.89. The number of nitrogens with zero attached hydrogens (tertiary/aromatic N) is 1. The summed E-state index contributed by atoms with van der Waals surface area (Å²) in [7, 11) is 3.40. The molecule has 7 bridgehead atoms. The van der Waals surface area contributed by atoms with Gasteiger partial charge in [-0.3, -0.25) is 4.90 Å². The Labute approximate surface area is 178 Å². The SMILES string of the molecule is CCN1C[C@]2(CO)CC[C@H](O)[C@@]34C5CC6[C@H](O)C5[C@@](O)(C[C@@H]6OC)[C@@H]([C@@H](OC)[C@H]23)[C@@H]14. The normalized spacial score (nSPS) is 63.3. The first-order valence-corrected chi connectivity index (χ1v) is 11.8. The van der Waals surface area contributed by atoms with Crippen LogP contribution in [0.1, 0.15) is 32.6 Å². The summed E-state index contributed by atoms with van der Waals surface area (Å²) in [5.74, 6) is -0.480. The predicted octanol–water partition coefficient (Wildman–Crippen LogP) is -0.152. The molecule has 30 heavy (non-hydrogen) atoms. The van der Waals surface area contributed by atoms with Crippen molar-refractivity contribution in [2.75, 3.05) is 33.9 Å². The Morgan fingerprint density at radius 3 is 2.53 bits per heavy atom. The minimum absolute atomic E-state index is 0.000214. The van der Waals surface area contributed by atoms with Crippen LogP contribution < -0.4 is 0 Å². The Kier molecular flexibility index (Phi) is 4.19. The number of rotatable bonds is 4. The number of hydrogen-bond acceptors (Lipinski definition) is 7. The Morgan fingerprint density at radius 2 is 1.90 bits per heavy atom. The Balaban J connectivity index is 1.64. The van der Waals surface area contributed by atoms with Crippen molar-refractivity contribution < 1.29 is 29.9 Å². The average Bonchev–Trinajstić information content (AvgIpc) is 3.15. The molecule has 1 aliphatic heterocycles. The van der Waals surface area contributed by atoms with Crippen LogP contribution in [0.15, 0.2) is 0 Å². The molecule has 1 heterocycles. The summed E-state index contributed by atoms with van der Waals surface area (Å²) in [5, 5.41) is 46.2. The topological polar surface area (TPSA) is 103 Å². The van der Waals surface area contributed by atoms with Crippen LogP contribution in [0.4, 0.5) is 0 Å². The molecule has 13 atom stereocenters. The van der Waals surface area contributed by atoms with Gasteiger partial charge in [-0.15, -0.1) is 0 Å². The fraction of sp³-hybridized carbons (Fsp3) is 1.00. The van der Waals surface area contributed by atoms with Crippen LogP contribution in [0.5, 0.6) is 0 Å². The van der Waals surface area contributed by atoms with E-state index in [1.807, 2.05) is 0 Å². The predicted molar refractivity (Wildman–Crippen MR) is 107 cm³/mol. The van der Waals surface area contributed by atoms with Crippen molar-refractivity contribution in [3.05, 3.63) is 0 Å². The van der Waals surface area contributed by atoms with E-state index in [9.17, 15) is 20.4 Å². The van der Waals surface area contributed by atoms with E-state index in [0.717, 1.165) is 25.9 Å². The van der Waals surface area contributed by atoms with Crippen molar-refractivity contribution in [1.82, 2.24) is 4.90 Å². The number of aliphatic hydroxyl groups is 4. The summed E-state index contributed by atoms with van der Waals surface area (Å²) >= 11 is 0. The maximum atomic E-state index is 12.4. The van der Waals surface area contributed by atoms with Gasteiger partial charge in [-0.1, -0.05) is 6.92 Å². The van der Waals surface area contributed by atoms with Gasteiger partial charge in [0.25, 0.3) is 0 Å². The van der Waals surface area contributed by atoms with E-state index in [4.69, 9.17) is 9.47 Å². The van der Waals surface area contributed by atoms with Gasteiger partial charge in [0.05, 0.1) is 36.6 Å². The highest BCUT2D eigenvalue weighted by Crippen LogP contribution is 2.79. The first-order valence-electron chi connectivity index (χ1n) is 11.8. The largest absolute Gasteiger partial charge is 0.396 e. The van der Waals surface area contributed by atoms with Gasteiger partial charge in [-0.25, -0.2) is 0 Å². The van der Waals surface area contributed by atoms with Crippen LogP contribution >= 0.6 is 0 Å². The third-order valence-corrected chi connectivity index (χ3v) is 11.0. The molecule has 7 nitrogen and oxygen atoms in total. The average molecular weight is 424 g/mol. The van der Waals surface area contributed by atoms with Crippen molar-refractivity contribution in [1.29, 1.82) is 0 Å².